The SMILES string of the molecule is Cc1cc(C)c(N)c(Nc2ccc(OC(C)(C)C)cc2)n1. The molecule has 0 saturated carbocycles. The van der Waals surface area contributed by atoms with Crippen molar-refractivity contribution in [1.29, 1.82) is 0 Å². The summed E-state index contributed by atoms with van der Waals surface area (Å²) in [6.45, 7) is 10.0. The Morgan fingerprint density at radius 3 is 2.29 bits per heavy atom. The van der Waals surface area contributed by atoms with Crippen molar-refractivity contribution in [1.82, 2.24) is 4.98 Å². The highest BCUT2D eigenvalue weighted by Gasteiger charge is 2.11. The molecule has 4 nitrogen and oxygen atoms in total. The first-order chi connectivity index (χ1) is 9.74. The van der Waals surface area contributed by atoms with Gasteiger partial charge in [-0.3, -0.25) is 0 Å². The summed E-state index contributed by atoms with van der Waals surface area (Å²) in [6.07, 6.45) is 0. The van der Waals surface area contributed by atoms with Crippen LogP contribution in [0.15, 0.2) is 30.3 Å². The highest BCUT2D eigenvalue weighted by molar-refractivity contribution is 5.71. The van der Waals surface area contributed by atoms with Crippen LogP contribution in [-0.2, 0) is 0 Å². The van der Waals surface area contributed by atoms with Gasteiger partial charge in [-0.15, -0.1) is 0 Å². The predicted molar refractivity (Wildman–Crippen MR) is 88.2 cm³/mol. The van der Waals surface area contributed by atoms with E-state index in [0.29, 0.717) is 11.5 Å². The molecule has 0 spiro atoms. The third-order valence-electron chi connectivity index (χ3n) is 2.93. The highest BCUT2D eigenvalue weighted by Crippen LogP contribution is 2.26. The number of rotatable bonds is 3. The Bertz CT molecular complexity index is 628. The van der Waals surface area contributed by atoms with Gasteiger partial charge in [0, 0.05) is 11.4 Å². The van der Waals surface area contributed by atoms with E-state index in [1.54, 1.807) is 0 Å². The van der Waals surface area contributed by atoms with Crippen LogP contribution in [0.2, 0.25) is 0 Å². The second-order valence-electron chi connectivity index (χ2n) is 6.21. The molecule has 2 aromatic rings. The van der Waals surface area contributed by atoms with Crippen molar-refractivity contribution in [2.24, 2.45) is 0 Å². The van der Waals surface area contributed by atoms with E-state index < -0.39 is 0 Å². The summed E-state index contributed by atoms with van der Waals surface area (Å²) >= 11 is 0. The van der Waals surface area contributed by atoms with Gasteiger partial charge in [0.2, 0.25) is 0 Å². The van der Waals surface area contributed by atoms with Crippen LogP contribution in [-0.4, -0.2) is 10.6 Å². The van der Waals surface area contributed by atoms with Gasteiger partial charge in [-0.1, -0.05) is 0 Å². The molecule has 0 fully saturated rings. The summed E-state index contributed by atoms with van der Waals surface area (Å²) in [5.41, 5.74) is 9.44. The second kappa shape index (κ2) is 5.64. The molecule has 0 aliphatic heterocycles. The minimum atomic E-state index is -0.200. The highest BCUT2D eigenvalue weighted by atomic mass is 16.5. The molecular weight excluding hydrogens is 262 g/mol. The van der Waals surface area contributed by atoms with Gasteiger partial charge in [0.15, 0.2) is 5.82 Å². The molecule has 0 atom stereocenters. The van der Waals surface area contributed by atoms with Gasteiger partial charge in [-0.05, 0) is 70.5 Å². The Hall–Kier alpha value is -2.23. The summed E-state index contributed by atoms with van der Waals surface area (Å²) in [5.74, 6) is 1.53. The summed E-state index contributed by atoms with van der Waals surface area (Å²) in [4.78, 5) is 4.44. The van der Waals surface area contributed by atoms with Crippen LogP contribution in [0.25, 0.3) is 0 Å². The van der Waals surface area contributed by atoms with E-state index in [1.807, 2.05) is 65.0 Å². The number of ether oxygens (including phenoxy) is 1. The number of aromatic nitrogens is 1. The lowest BCUT2D eigenvalue weighted by atomic mass is 10.2. The summed E-state index contributed by atoms with van der Waals surface area (Å²) in [7, 11) is 0. The number of anilines is 3. The van der Waals surface area contributed by atoms with Crippen molar-refractivity contribution >= 4 is 17.2 Å². The van der Waals surface area contributed by atoms with Crippen LogP contribution in [0.5, 0.6) is 5.75 Å². The lowest BCUT2D eigenvalue weighted by Crippen LogP contribution is -2.22. The van der Waals surface area contributed by atoms with Crippen molar-refractivity contribution in [2.45, 2.75) is 40.2 Å². The number of nitrogens with one attached hydrogen (secondary N) is 1. The fourth-order valence-electron chi connectivity index (χ4n) is 2.04. The first-order valence-electron chi connectivity index (χ1n) is 7.04. The molecule has 0 aliphatic rings. The first-order valence-corrected chi connectivity index (χ1v) is 7.04. The van der Waals surface area contributed by atoms with E-state index in [4.69, 9.17) is 10.5 Å². The smallest absolute Gasteiger partial charge is 0.154 e. The molecule has 4 heteroatoms. The maximum absolute atomic E-state index is 6.06. The number of pyridine rings is 1. The largest absolute Gasteiger partial charge is 0.488 e. The van der Waals surface area contributed by atoms with E-state index in [0.717, 1.165) is 22.7 Å². The third kappa shape index (κ3) is 4.12. The van der Waals surface area contributed by atoms with Crippen molar-refractivity contribution in [3.63, 3.8) is 0 Å². The number of hydrogen-bond donors (Lipinski definition) is 2. The van der Waals surface area contributed by atoms with Gasteiger partial charge >= 0.3 is 0 Å². The van der Waals surface area contributed by atoms with Gasteiger partial charge in [0.25, 0.3) is 0 Å². The van der Waals surface area contributed by atoms with Crippen molar-refractivity contribution in [2.75, 3.05) is 11.1 Å². The zero-order chi connectivity index (χ0) is 15.6. The maximum atomic E-state index is 6.06. The van der Waals surface area contributed by atoms with Crippen LogP contribution in [0, 0.1) is 13.8 Å². The zero-order valence-corrected chi connectivity index (χ0v) is 13.3. The fraction of sp³-hybridized carbons (Fsp3) is 0.353. The second-order valence-corrected chi connectivity index (χ2v) is 6.21. The Kier molecular flexibility index (Phi) is 4.07. The van der Waals surface area contributed by atoms with Crippen LogP contribution < -0.4 is 15.8 Å². The molecule has 0 unspecified atom stereocenters. The Balaban J connectivity index is 2.18. The Morgan fingerprint density at radius 2 is 1.71 bits per heavy atom. The zero-order valence-electron chi connectivity index (χ0n) is 13.3. The van der Waals surface area contributed by atoms with Gasteiger partial charge < -0.3 is 15.8 Å². The summed E-state index contributed by atoms with van der Waals surface area (Å²) in [5, 5.41) is 3.25. The van der Waals surface area contributed by atoms with Crippen molar-refractivity contribution in [3.05, 3.63) is 41.6 Å². The molecule has 1 aromatic heterocycles. The fourth-order valence-corrected chi connectivity index (χ4v) is 2.04. The Morgan fingerprint density at radius 1 is 1.10 bits per heavy atom. The number of hydrogen-bond acceptors (Lipinski definition) is 4. The molecule has 0 radical (unpaired) electrons. The molecule has 1 aromatic carbocycles. The van der Waals surface area contributed by atoms with Gasteiger partial charge in [-0.2, -0.15) is 0 Å². The standard InChI is InChI=1S/C17H23N3O/c1-11-10-12(2)19-16(15(11)18)20-13-6-8-14(9-7-13)21-17(3,4)5/h6-10H,18H2,1-5H3,(H,19,20). The molecule has 3 N–H and O–H groups in total. The van der Waals surface area contributed by atoms with Gasteiger partial charge in [0.1, 0.15) is 11.4 Å². The quantitative estimate of drug-likeness (QED) is 0.887. The van der Waals surface area contributed by atoms with Crippen molar-refractivity contribution < 1.29 is 4.74 Å². The monoisotopic (exact) mass is 285 g/mol. The van der Waals surface area contributed by atoms with Crippen LogP contribution >= 0.6 is 0 Å². The van der Waals surface area contributed by atoms with Crippen molar-refractivity contribution in [3.8, 4) is 5.75 Å². The van der Waals surface area contributed by atoms with E-state index in [-0.39, 0.29) is 5.60 Å². The summed E-state index contributed by atoms with van der Waals surface area (Å²) in [6, 6.07) is 9.76. The minimum absolute atomic E-state index is 0.200. The van der Waals surface area contributed by atoms with E-state index >= 15 is 0 Å². The molecule has 0 bridgehead atoms. The van der Waals surface area contributed by atoms with E-state index in [9.17, 15) is 0 Å². The molecule has 0 saturated heterocycles. The first kappa shape index (κ1) is 15.2. The van der Waals surface area contributed by atoms with Gasteiger partial charge in [-0.25, -0.2) is 4.98 Å². The number of nitrogens with zero attached hydrogens (tertiary/aromatic N) is 1. The molecule has 21 heavy (non-hydrogen) atoms. The maximum Gasteiger partial charge on any atom is 0.154 e. The number of benzene rings is 1. The molecule has 112 valence electrons. The minimum Gasteiger partial charge on any atom is -0.488 e. The summed E-state index contributed by atoms with van der Waals surface area (Å²) < 4.78 is 5.80. The van der Waals surface area contributed by atoms with Crippen LogP contribution in [0.4, 0.5) is 17.2 Å². The topological polar surface area (TPSA) is 60.2 Å². The normalized spacial score (nSPS) is 11.3. The molecule has 1 heterocycles. The molecular formula is C17H23N3O. The van der Waals surface area contributed by atoms with Crippen LogP contribution in [0.3, 0.4) is 0 Å². The van der Waals surface area contributed by atoms with Crippen LogP contribution in [0.1, 0.15) is 32.0 Å². The Labute approximate surface area is 126 Å². The van der Waals surface area contributed by atoms with E-state index in [1.165, 1.54) is 0 Å². The average molecular weight is 285 g/mol. The number of nitrogen functional groups attached to an aromatic ring is 1. The van der Waals surface area contributed by atoms with E-state index in [2.05, 4.69) is 10.3 Å². The molecule has 0 amide bonds. The molecule has 2 rings (SSSR count). The number of nitrogens with two attached hydrogens (primary N) is 1. The molecule has 0 aliphatic carbocycles. The van der Waals surface area contributed by atoms with Gasteiger partial charge in [0.05, 0.1) is 5.69 Å². The number of aryl methyl sites for hydroxylation is 2. The predicted octanol–water partition coefficient (Wildman–Crippen LogP) is 4.20. The lowest BCUT2D eigenvalue weighted by Gasteiger charge is -2.21. The lowest BCUT2D eigenvalue weighted by molar-refractivity contribution is 0.131. The average Bonchev–Trinajstić information content (AvgIpc) is 2.36. The third-order valence-corrected chi connectivity index (χ3v) is 2.93.